The van der Waals surface area contributed by atoms with Crippen LogP contribution in [-0.4, -0.2) is 16.1 Å². The topological polar surface area (TPSA) is 83.8 Å². The van der Waals surface area contributed by atoms with E-state index in [2.05, 4.69) is 15.5 Å². The molecule has 6 heteroatoms. The minimum atomic E-state index is -0.520. The molecule has 0 unspecified atom stereocenters. The van der Waals surface area contributed by atoms with E-state index in [-0.39, 0.29) is 17.1 Å². The van der Waals surface area contributed by atoms with Gasteiger partial charge in [-0.15, -0.1) is 0 Å². The van der Waals surface area contributed by atoms with Crippen molar-refractivity contribution in [3.63, 3.8) is 0 Å². The first kappa shape index (κ1) is 11.1. The number of nitrogens with one attached hydrogen (secondary N) is 2. The standard InChI is InChI=1S/C11H11FN4O/c1-6-3-2-4-7(12)9(6)15-11(17)10-8(13)5-14-16-10/h2-5H,13H2,1H3,(H,14,16)(H,15,17). The predicted octanol–water partition coefficient (Wildman–Crippen LogP) is 1.69. The summed E-state index contributed by atoms with van der Waals surface area (Å²) in [7, 11) is 0. The van der Waals surface area contributed by atoms with E-state index in [1.807, 2.05) is 0 Å². The van der Waals surface area contributed by atoms with E-state index >= 15 is 0 Å². The molecule has 4 N–H and O–H groups in total. The Morgan fingerprint density at radius 3 is 2.88 bits per heavy atom. The zero-order valence-corrected chi connectivity index (χ0v) is 9.12. The number of rotatable bonds is 2. The number of amides is 1. The van der Waals surface area contributed by atoms with Crippen LogP contribution < -0.4 is 11.1 Å². The Hall–Kier alpha value is -2.37. The number of aromatic amines is 1. The van der Waals surface area contributed by atoms with Crippen LogP contribution in [-0.2, 0) is 0 Å². The number of nitrogens with zero attached hydrogens (tertiary/aromatic N) is 1. The number of carbonyl (C=O) groups excluding carboxylic acids is 1. The first-order valence-corrected chi connectivity index (χ1v) is 4.95. The van der Waals surface area contributed by atoms with Gasteiger partial charge in [-0.3, -0.25) is 9.89 Å². The molecule has 0 fully saturated rings. The Balaban J connectivity index is 2.28. The molecule has 1 heterocycles. The minimum absolute atomic E-state index is 0.118. The van der Waals surface area contributed by atoms with E-state index in [0.717, 1.165) is 0 Å². The van der Waals surface area contributed by atoms with Crippen LogP contribution in [0.1, 0.15) is 16.1 Å². The van der Waals surface area contributed by atoms with E-state index in [4.69, 9.17) is 5.73 Å². The van der Waals surface area contributed by atoms with Crippen molar-refractivity contribution in [2.75, 3.05) is 11.1 Å². The number of nitrogen functional groups attached to an aromatic ring is 1. The maximum Gasteiger partial charge on any atom is 0.275 e. The van der Waals surface area contributed by atoms with Gasteiger partial charge in [-0.05, 0) is 18.6 Å². The zero-order chi connectivity index (χ0) is 12.4. The number of aromatic nitrogens is 2. The molecule has 17 heavy (non-hydrogen) atoms. The summed E-state index contributed by atoms with van der Waals surface area (Å²) in [6.45, 7) is 1.70. The largest absolute Gasteiger partial charge is 0.396 e. The van der Waals surface area contributed by atoms with Crippen molar-refractivity contribution in [1.29, 1.82) is 0 Å². The van der Waals surface area contributed by atoms with Gasteiger partial charge in [-0.25, -0.2) is 4.39 Å². The fourth-order valence-electron chi connectivity index (χ4n) is 1.44. The maximum atomic E-state index is 13.5. The third kappa shape index (κ3) is 2.10. The molecular formula is C11H11FN4O. The number of aryl methyl sites for hydroxylation is 1. The van der Waals surface area contributed by atoms with Crippen LogP contribution in [0.15, 0.2) is 24.4 Å². The summed E-state index contributed by atoms with van der Waals surface area (Å²) >= 11 is 0. The van der Waals surface area contributed by atoms with Gasteiger partial charge >= 0.3 is 0 Å². The fraction of sp³-hybridized carbons (Fsp3) is 0.0909. The van der Waals surface area contributed by atoms with Crippen molar-refractivity contribution in [3.8, 4) is 0 Å². The number of halogens is 1. The lowest BCUT2D eigenvalue weighted by atomic mass is 10.2. The SMILES string of the molecule is Cc1cccc(F)c1NC(=O)c1[nH]ncc1N. The fourth-order valence-corrected chi connectivity index (χ4v) is 1.44. The molecule has 5 nitrogen and oxygen atoms in total. The molecule has 0 spiro atoms. The number of hydrogen-bond acceptors (Lipinski definition) is 3. The van der Waals surface area contributed by atoms with Crippen molar-refractivity contribution >= 4 is 17.3 Å². The highest BCUT2D eigenvalue weighted by Gasteiger charge is 2.14. The van der Waals surface area contributed by atoms with Crippen molar-refractivity contribution in [1.82, 2.24) is 10.2 Å². The average Bonchev–Trinajstić information content (AvgIpc) is 2.70. The minimum Gasteiger partial charge on any atom is -0.396 e. The summed E-state index contributed by atoms with van der Waals surface area (Å²) in [5, 5.41) is 8.54. The smallest absolute Gasteiger partial charge is 0.275 e. The molecule has 88 valence electrons. The summed E-state index contributed by atoms with van der Waals surface area (Å²) < 4.78 is 13.5. The average molecular weight is 234 g/mol. The summed E-state index contributed by atoms with van der Waals surface area (Å²) in [6, 6.07) is 4.55. The van der Waals surface area contributed by atoms with Crippen LogP contribution in [0, 0.1) is 12.7 Å². The number of anilines is 2. The second kappa shape index (κ2) is 4.25. The number of para-hydroxylation sites is 1. The molecule has 1 aromatic carbocycles. The summed E-state index contributed by atoms with van der Waals surface area (Å²) in [6.07, 6.45) is 1.32. The summed E-state index contributed by atoms with van der Waals surface area (Å²) in [5.41, 5.74) is 6.64. The number of benzene rings is 1. The van der Waals surface area contributed by atoms with Crippen LogP contribution in [0.3, 0.4) is 0 Å². The number of hydrogen-bond donors (Lipinski definition) is 3. The van der Waals surface area contributed by atoms with Crippen LogP contribution in [0.25, 0.3) is 0 Å². The van der Waals surface area contributed by atoms with Crippen molar-refractivity contribution < 1.29 is 9.18 Å². The predicted molar refractivity (Wildman–Crippen MR) is 62.1 cm³/mol. The molecule has 2 aromatic rings. The summed E-state index contributed by atoms with van der Waals surface area (Å²) in [5.74, 6) is -1.01. The van der Waals surface area contributed by atoms with E-state index in [1.165, 1.54) is 12.3 Å². The van der Waals surface area contributed by atoms with Gasteiger partial charge in [-0.1, -0.05) is 12.1 Å². The highest BCUT2D eigenvalue weighted by molar-refractivity contribution is 6.06. The van der Waals surface area contributed by atoms with Crippen LogP contribution >= 0.6 is 0 Å². The molecule has 0 aliphatic rings. The highest BCUT2D eigenvalue weighted by Crippen LogP contribution is 2.20. The van der Waals surface area contributed by atoms with Crippen molar-refractivity contribution in [2.24, 2.45) is 0 Å². The number of nitrogens with two attached hydrogens (primary N) is 1. The van der Waals surface area contributed by atoms with Crippen molar-refractivity contribution in [3.05, 3.63) is 41.5 Å². The van der Waals surface area contributed by atoms with Gasteiger partial charge in [0.1, 0.15) is 11.5 Å². The Morgan fingerprint density at radius 1 is 1.53 bits per heavy atom. The lowest BCUT2D eigenvalue weighted by Gasteiger charge is -2.08. The van der Waals surface area contributed by atoms with Gasteiger partial charge in [0.2, 0.25) is 0 Å². The normalized spacial score (nSPS) is 10.2. The Kier molecular flexibility index (Phi) is 2.78. The third-order valence-electron chi connectivity index (χ3n) is 2.36. The Morgan fingerprint density at radius 2 is 2.29 bits per heavy atom. The highest BCUT2D eigenvalue weighted by atomic mass is 19.1. The first-order chi connectivity index (χ1) is 8.09. The lowest BCUT2D eigenvalue weighted by molar-refractivity contribution is 0.102. The molecule has 0 atom stereocenters. The third-order valence-corrected chi connectivity index (χ3v) is 2.36. The van der Waals surface area contributed by atoms with E-state index in [1.54, 1.807) is 19.1 Å². The van der Waals surface area contributed by atoms with Gasteiger partial charge < -0.3 is 11.1 Å². The van der Waals surface area contributed by atoms with E-state index < -0.39 is 11.7 Å². The molecule has 1 aromatic heterocycles. The summed E-state index contributed by atoms with van der Waals surface area (Å²) in [4.78, 5) is 11.8. The molecule has 1 amide bonds. The Labute approximate surface area is 96.8 Å². The molecule has 0 saturated heterocycles. The van der Waals surface area contributed by atoms with Crippen LogP contribution in [0.4, 0.5) is 15.8 Å². The first-order valence-electron chi connectivity index (χ1n) is 4.95. The molecule has 0 bridgehead atoms. The van der Waals surface area contributed by atoms with E-state index in [9.17, 15) is 9.18 Å². The van der Waals surface area contributed by atoms with Gasteiger partial charge in [0.05, 0.1) is 17.6 Å². The lowest BCUT2D eigenvalue weighted by Crippen LogP contribution is -2.16. The zero-order valence-electron chi connectivity index (χ0n) is 9.12. The van der Waals surface area contributed by atoms with Crippen LogP contribution in [0.2, 0.25) is 0 Å². The molecular weight excluding hydrogens is 223 g/mol. The molecule has 0 saturated carbocycles. The molecule has 0 aliphatic carbocycles. The van der Waals surface area contributed by atoms with Gasteiger partial charge in [0.25, 0.3) is 5.91 Å². The second-order valence-electron chi connectivity index (χ2n) is 3.59. The van der Waals surface area contributed by atoms with Gasteiger partial charge in [0, 0.05) is 0 Å². The molecule has 0 aliphatic heterocycles. The van der Waals surface area contributed by atoms with Gasteiger partial charge in [0.15, 0.2) is 0 Å². The molecule has 2 rings (SSSR count). The van der Waals surface area contributed by atoms with Crippen molar-refractivity contribution in [2.45, 2.75) is 6.92 Å². The van der Waals surface area contributed by atoms with E-state index in [0.29, 0.717) is 5.56 Å². The Bertz CT molecular complexity index is 544. The van der Waals surface area contributed by atoms with Gasteiger partial charge in [-0.2, -0.15) is 5.10 Å². The second-order valence-corrected chi connectivity index (χ2v) is 3.59. The number of H-pyrrole nitrogens is 1. The number of carbonyl (C=O) groups is 1. The van der Waals surface area contributed by atoms with Crippen LogP contribution in [0.5, 0.6) is 0 Å². The quantitative estimate of drug-likeness (QED) is 0.739. The maximum absolute atomic E-state index is 13.5. The molecule has 0 radical (unpaired) electrons. The monoisotopic (exact) mass is 234 g/mol.